The summed E-state index contributed by atoms with van der Waals surface area (Å²) in [4.78, 5) is 19.1. The van der Waals surface area contributed by atoms with E-state index in [1.165, 1.54) is 6.92 Å². The van der Waals surface area contributed by atoms with Crippen LogP contribution in [-0.2, 0) is 14.3 Å². The molecule has 2 atom stereocenters. The highest BCUT2D eigenvalue weighted by molar-refractivity contribution is 5.73. The molecule has 1 rings (SSSR count). The maximum atomic E-state index is 9.65. The first-order valence-corrected chi connectivity index (χ1v) is 5.61. The number of nitrogens with one attached hydrogen (secondary N) is 1. The van der Waals surface area contributed by atoms with Gasteiger partial charge in [0.2, 0.25) is 0 Å². The standard InChI is InChI=1S/C4H9NO.C3H7NO3.C3H6O3/c1-3-6-4-2-5-1;4-2(1-5)3(6)7;1-2(4)3(5)6/h5H,1-4H2;2,5H,1,4H2,(H,6,7);2,4H,1H3,(H,5,6). The van der Waals surface area contributed by atoms with Crippen LogP contribution in [0.25, 0.3) is 0 Å². The van der Waals surface area contributed by atoms with Gasteiger partial charge in [-0.1, -0.05) is 0 Å². The Morgan fingerprint density at radius 1 is 1.26 bits per heavy atom. The number of morpholine rings is 1. The number of aliphatic carboxylic acids is 2. The second kappa shape index (κ2) is 13.2. The highest BCUT2D eigenvalue weighted by atomic mass is 16.5. The monoisotopic (exact) mass is 282 g/mol. The lowest BCUT2D eigenvalue weighted by Gasteiger charge is -2.10. The topological polar surface area (TPSA) is 162 Å². The Morgan fingerprint density at radius 2 is 1.68 bits per heavy atom. The van der Waals surface area contributed by atoms with Crippen LogP contribution in [0.15, 0.2) is 0 Å². The Kier molecular flexibility index (Phi) is 13.9. The summed E-state index contributed by atoms with van der Waals surface area (Å²) in [5, 5.41) is 34.8. The fourth-order valence-electron chi connectivity index (χ4n) is 0.594. The summed E-state index contributed by atoms with van der Waals surface area (Å²) in [6, 6.07) is -1.13. The molecule has 1 heterocycles. The van der Waals surface area contributed by atoms with Crippen LogP contribution in [0.3, 0.4) is 0 Å². The number of carbonyl (C=O) groups is 2. The van der Waals surface area contributed by atoms with Gasteiger partial charge in [0, 0.05) is 13.1 Å². The van der Waals surface area contributed by atoms with E-state index in [4.69, 9.17) is 30.9 Å². The molecule has 0 amide bonds. The number of ether oxygens (including phenoxy) is 1. The van der Waals surface area contributed by atoms with Crippen LogP contribution in [0.4, 0.5) is 0 Å². The van der Waals surface area contributed by atoms with Crippen molar-refractivity contribution in [3.63, 3.8) is 0 Å². The Morgan fingerprint density at radius 3 is 1.74 bits per heavy atom. The molecule has 19 heavy (non-hydrogen) atoms. The molecule has 0 saturated carbocycles. The SMILES string of the molecule is C1COCCN1.CC(O)C(=O)O.NC(CO)C(=O)O. The first-order chi connectivity index (χ1) is 8.82. The molecular formula is C10H22N2O7. The molecule has 2 unspecified atom stereocenters. The molecule has 1 aliphatic rings. The van der Waals surface area contributed by atoms with Crippen molar-refractivity contribution in [2.75, 3.05) is 32.9 Å². The molecule has 1 saturated heterocycles. The number of carboxylic acid groups (broad SMARTS) is 2. The molecule has 0 bridgehead atoms. The van der Waals surface area contributed by atoms with Crippen LogP contribution < -0.4 is 11.1 Å². The van der Waals surface area contributed by atoms with Gasteiger partial charge in [0.25, 0.3) is 0 Å². The minimum atomic E-state index is -1.23. The van der Waals surface area contributed by atoms with Crippen molar-refractivity contribution in [3.05, 3.63) is 0 Å². The summed E-state index contributed by atoms with van der Waals surface area (Å²) in [6.07, 6.45) is -1.23. The molecule has 7 N–H and O–H groups in total. The number of hydrogen-bond donors (Lipinski definition) is 6. The van der Waals surface area contributed by atoms with E-state index < -0.39 is 30.7 Å². The molecule has 0 aliphatic carbocycles. The lowest BCUT2D eigenvalue weighted by atomic mass is 10.3. The van der Waals surface area contributed by atoms with Crippen LogP contribution in [-0.4, -0.2) is 77.4 Å². The van der Waals surface area contributed by atoms with Crippen molar-refractivity contribution in [3.8, 4) is 0 Å². The van der Waals surface area contributed by atoms with E-state index in [2.05, 4.69) is 5.32 Å². The van der Waals surface area contributed by atoms with Crippen LogP contribution in [0.1, 0.15) is 6.92 Å². The second-order valence-electron chi connectivity index (χ2n) is 3.50. The van der Waals surface area contributed by atoms with Crippen molar-refractivity contribution in [2.24, 2.45) is 5.73 Å². The molecule has 0 spiro atoms. The second-order valence-corrected chi connectivity index (χ2v) is 3.50. The molecule has 1 fully saturated rings. The average Bonchev–Trinajstić information content (AvgIpc) is 2.41. The quantitative estimate of drug-likeness (QED) is 0.327. The van der Waals surface area contributed by atoms with E-state index >= 15 is 0 Å². The van der Waals surface area contributed by atoms with E-state index in [9.17, 15) is 9.59 Å². The summed E-state index contributed by atoms with van der Waals surface area (Å²) >= 11 is 0. The van der Waals surface area contributed by atoms with Gasteiger partial charge in [0.1, 0.15) is 12.1 Å². The Labute approximate surface area is 111 Å². The third-order valence-corrected chi connectivity index (χ3v) is 1.72. The zero-order valence-electron chi connectivity index (χ0n) is 10.8. The normalized spacial score (nSPS) is 16.8. The van der Waals surface area contributed by atoms with Gasteiger partial charge in [-0.15, -0.1) is 0 Å². The van der Waals surface area contributed by atoms with E-state index in [0.29, 0.717) is 0 Å². The Balaban J connectivity index is 0. The summed E-state index contributed by atoms with van der Waals surface area (Å²) in [5.41, 5.74) is 4.77. The van der Waals surface area contributed by atoms with Crippen LogP contribution >= 0.6 is 0 Å². The van der Waals surface area contributed by atoms with Gasteiger partial charge in [-0.2, -0.15) is 0 Å². The minimum absolute atomic E-state index is 0.505. The molecule has 9 nitrogen and oxygen atoms in total. The van der Waals surface area contributed by atoms with Crippen molar-refractivity contribution >= 4 is 11.9 Å². The van der Waals surface area contributed by atoms with E-state index in [0.717, 1.165) is 26.3 Å². The van der Waals surface area contributed by atoms with E-state index in [1.807, 2.05) is 0 Å². The van der Waals surface area contributed by atoms with Gasteiger partial charge in [0.15, 0.2) is 0 Å². The van der Waals surface area contributed by atoms with Crippen molar-refractivity contribution in [2.45, 2.75) is 19.1 Å². The van der Waals surface area contributed by atoms with Crippen LogP contribution in [0.5, 0.6) is 0 Å². The summed E-state index contributed by atoms with van der Waals surface area (Å²) in [7, 11) is 0. The van der Waals surface area contributed by atoms with Gasteiger partial charge in [-0.3, -0.25) is 4.79 Å². The highest BCUT2D eigenvalue weighted by Crippen LogP contribution is 1.76. The fourth-order valence-corrected chi connectivity index (χ4v) is 0.594. The predicted octanol–water partition coefficient (Wildman–Crippen LogP) is -2.55. The smallest absolute Gasteiger partial charge is 0.332 e. The van der Waals surface area contributed by atoms with Crippen LogP contribution in [0, 0.1) is 0 Å². The molecule has 1 aliphatic heterocycles. The minimum Gasteiger partial charge on any atom is -0.480 e. The lowest BCUT2D eigenvalue weighted by Crippen LogP contribution is -2.33. The molecule has 114 valence electrons. The van der Waals surface area contributed by atoms with E-state index in [-0.39, 0.29) is 0 Å². The van der Waals surface area contributed by atoms with Gasteiger partial charge in [-0.05, 0) is 6.92 Å². The lowest BCUT2D eigenvalue weighted by molar-refractivity contribution is -0.145. The number of carboxylic acids is 2. The van der Waals surface area contributed by atoms with Gasteiger partial charge in [-0.25, -0.2) is 4.79 Å². The maximum absolute atomic E-state index is 9.65. The van der Waals surface area contributed by atoms with Gasteiger partial charge in [0.05, 0.1) is 19.8 Å². The number of nitrogens with two attached hydrogens (primary N) is 1. The predicted molar refractivity (Wildman–Crippen MR) is 65.7 cm³/mol. The third kappa shape index (κ3) is 16.7. The average molecular weight is 282 g/mol. The number of aliphatic hydroxyl groups excluding tert-OH is 2. The van der Waals surface area contributed by atoms with Crippen molar-refractivity contribution < 1.29 is 34.8 Å². The van der Waals surface area contributed by atoms with Crippen molar-refractivity contribution in [1.82, 2.24) is 5.32 Å². The zero-order chi connectivity index (χ0) is 15.3. The Bertz CT molecular complexity index is 233. The Hall–Kier alpha value is -1.26. The first-order valence-electron chi connectivity index (χ1n) is 5.61. The van der Waals surface area contributed by atoms with Gasteiger partial charge >= 0.3 is 11.9 Å². The molecular weight excluding hydrogens is 260 g/mol. The summed E-state index contributed by atoms with van der Waals surface area (Å²) in [6.45, 7) is 4.53. The summed E-state index contributed by atoms with van der Waals surface area (Å²) < 4.78 is 5.01. The highest BCUT2D eigenvalue weighted by Gasteiger charge is 2.07. The van der Waals surface area contributed by atoms with Crippen molar-refractivity contribution in [1.29, 1.82) is 0 Å². The molecule has 9 heteroatoms. The number of hydrogen-bond acceptors (Lipinski definition) is 7. The summed E-state index contributed by atoms with van der Waals surface area (Å²) in [5.74, 6) is -2.36. The fraction of sp³-hybridized carbons (Fsp3) is 0.800. The number of aliphatic hydroxyl groups is 2. The van der Waals surface area contributed by atoms with Crippen LogP contribution in [0.2, 0.25) is 0 Å². The maximum Gasteiger partial charge on any atom is 0.332 e. The largest absolute Gasteiger partial charge is 0.480 e. The zero-order valence-corrected chi connectivity index (χ0v) is 10.8. The third-order valence-electron chi connectivity index (χ3n) is 1.72. The first kappa shape index (κ1) is 20.1. The number of rotatable bonds is 3. The molecule has 0 radical (unpaired) electrons. The van der Waals surface area contributed by atoms with Gasteiger partial charge < -0.3 is 36.2 Å². The molecule has 0 aromatic carbocycles. The molecule has 0 aromatic heterocycles. The molecule has 0 aromatic rings. The van der Waals surface area contributed by atoms with E-state index in [1.54, 1.807) is 0 Å².